The first-order valence-corrected chi connectivity index (χ1v) is 7.82. The van der Waals surface area contributed by atoms with Gasteiger partial charge in [0.1, 0.15) is 0 Å². The van der Waals surface area contributed by atoms with Gasteiger partial charge in [-0.25, -0.2) is 4.79 Å². The second-order valence-corrected chi connectivity index (χ2v) is 5.28. The van der Waals surface area contributed by atoms with Crippen LogP contribution in [0.1, 0.15) is 11.1 Å². The van der Waals surface area contributed by atoms with Gasteiger partial charge in [-0.3, -0.25) is 0 Å². The second kappa shape index (κ2) is 7.71. The van der Waals surface area contributed by atoms with E-state index in [1.807, 2.05) is 54.8 Å². The van der Waals surface area contributed by atoms with Crippen molar-refractivity contribution in [1.82, 2.24) is 5.32 Å². The molecule has 0 aliphatic rings. The van der Waals surface area contributed by atoms with Crippen molar-refractivity contribution < 1.29 is 9.90 Å². The Morgan fingerprint density at radius 3 is 2.48 bits per heavy atom. The predicted molar refractivity (Wildman–Crippen MR) is 86.4 cm³/mol. The Bertz CT molecular complexity index is 617. The highest BCUT2D eigenvalue weighted by atomic mass is 32.2. The van der Waals surface area contributed by atoms with Crippen molar-refractivity contribution in [2.75, 3.05) is 11.6 Å². The van der Waals surface area contributed by atoms with E-state index in [1.54, 1.807) is 11.8 Å². The quantitative estimate of drug-likeness (QED) is 0.743. The van der Waals surface area contributed by atoms with Gasteiger partial charge in [-0.2, -0.15) is 0 Å². The Morgan fingerprint density at radius 2 is 1.76 bits per heavy atom. The minimum atomic E-state index is -0.260. The number of benzene rings is 2. The Morgan fingerprint density at radius 1 is 1.10 bits per heavy atom. The van der Waals surface area contributed by atoms with E-state index in [1.165, 1.54) is 0 Å². The molecule has 0 heterocycles. The SMILES string of the molecule is CSc1ccccc1NC(=O)NCc1ccccc1CO. The van der Waals surface area contributed by atoms with Crippen LogP contribution in [0.15, 0.2) is 53.4 Å². The van der Waals surface area contributed by atoms with Gasteiger partial charge >= 0.3 is 6.03 Å². The number of nitrogens with one attached hydrogen (secondary N) is 2. The number of thioether (sulfide) groups is 1. The molecule has 0 radical (unpaired) electrons. The molecular formula is C16H18N2O2S. The highest BCUT2D eigenvalue weighted by Crippen LogP contribution is 2.24. The van der Waals surface area contributed by atoms with Crippen LogP contribution >= 0.6 is 11.8 Å². The lowest BCUT2D eigenvalue weighted by Gasteiger charge is -2.12. The number of hydrogen-bond acceptors (Lipinski definition) is 3. The predicted octanol–water partition coefficient (Wildman–Crippen LogP) is 3.22. The summed E-state index contributed by atoms with van der Waals surface area (Å²) in [4.78, 5) is 13.0. The summed E-state index contributed by atoms with van der Waals surface area (Å²) in [6, 6.07) is 14.9. The van der Waals surface area contributed by atoms with E-state index in [4.69, 9.17) is 0 Å². The topological polar surface area (TPSA) is 61.4 Å². The largest absolute Gasteiger partial charge is 0.392 e. The molecular weight excluding hydrogens is 284 g/mol. The molecule has 3 N–H and O–H groups in total. The molecule has 0 aromatic heterocycles. The van der Waals surface area contributed by atoms with Crippen LogP contribution in [0.5, 0.6) is 0 Å². The van der Waals surface area contributed by atoms with Gasteiger partial charge in [0.15, 0.2) is 0 Å². The summed E-state index contributed by atoms with van der Waals surface area (Å²) in [7, 11) is 0. The van der Waals surface area contributed by atoms with Crippen LogP contribution in [0.25, 0.3) is 0 Å². The van der Waals surface area contributed by atoms with Crippen LogP contribution < -0.4 is 10.6 Å². The van der Waals surface area contributed by atoms with Gasteiger partial charge in [-0.1, -0.05) is 36.4 Å². The number of urea groups is 1. The van der Waals surface area contributed by atoms with E-state index < -0.39 is 0 Å². The number of aliphatic hydroxyl groups is 1. The lowest BCUT2D eigenvalue weighted by Crippen LogP contribution is -2.28. The third-order valence-corrected chi connectivity index (χ3v) is 3.88. The standard InChI is InChI=1S/C16H18N2O2S/c1-21-15-9-5-4-8-14(15)18-16(20)17-10-12-6-2-3-7-13(12)11-19/h2-9,19H,10-11H2,1H3,(H2,17,18,20). The van der Waals surface area contributed by atoms with E-state index >= 15 is 0 Å². The molecule has 2 rings (SSSR count). The van der Waals surface area contributed by atoms with Crippen molar-refractivity contribution in [3.8, 4) is 0 Å². The molecule has 2 aromatic carbocycles. The van der Waals surface area contributed by atoms with Crippen LogP contribution in [0.2, 0.25) is 0 Å². The van der Waals surface area contributed by atoms with Crippen LogP contribution in [-0.2, 0) is 13.2 Å². The number of carbonyl (C=O) groups is 1. The normalized spacial score (nSPS) is 10.2. The summed E-state index contributed by atoms with van der Waals surface area (Å²) in [6.45, 7) is 0.346. The van der Waals surface area contributed by atoms with E-state index in [2.05, 4.69) is 10.6 Å². The van der Waals surface area contributed by atoms with Gasteiger partial charge in [0.25, 0.3) is 0 Å². The lowest BCUT2D eigenvalue weighted by atomic mass is 10.1. The van der Waals surface area contributed by atoms with Crippen molar-refractivity contribution in [2.24, 2.45) is 0 Å². The molecule has 4 nitrogen and oxygen atoms in total. The first-order valence-electron chi connectivity index (χ1n) is 6.60. The summed E-state index contributed by atoms with van der Waals surface area (Å²) < 4.78 is 0. The van der Waals surface area contributed by atoms with Crippen LogP contribution in [0.3, 0.4) is 0 Å². The molecule has 0 aliphatic heterocycles. The van der Waals surface area contributed by atoms with Crippen LogP contribution in [0.4, 0.5) is 10.5 Å². The summed E-state index contributed by atoms with van der Waals surface area (Å²) in [5, 5.41) is 14.9. The maximum absolute atomic E-state index is 12.0. The van der Waals surface area contributed by atoms with Gasteiger partial charge in [0, 0.05) is 11.4 Å². The summed E-state index contributed by atoms with van der Waals surface area (Å²) >= 11 is 1.58. The van der Waals surface area contributed by atoms with Gasteiger partial charge < -0.3 is 15.7 Å². The fourth-order valence-corrected chi connectivity index (χ4v) is 2.53. The van der Waals surface area contributed by atoms with Crippen molar-refractivity contribution in [2.45, 2.75) is 18.0 Å². The summed E-state index contributed by atoms with van der Waals surface area (Å²) in [5.41, 5.74) is 2.52. The highest BCUT2D eigenvalue weighted by Gasteiger charge is 2.06. The highest BCUT2D eigenvalue weighted by molar-refractivity contribution is 7.98. The third-order valence-electron chi connectivity index (χ3n) is 3.08. The zero-order valence-electron chi connectivity index (χ0n) is 11.8. The van der Waals surface area contributed by atoms with Gasteiger partial charge in [-0.15, -0.1) is 11.8 Å². The Kier molecular flexibility index (Phi) is 5.66. The fraction of sp³-hybridized carbons (Fsp3) is 0.188. The van der Waals surface area contributed by atoms with E-state index in [0.29, 0.717) is 6.54 Å². The number of hydrogen-bond donors (Lipinski definition) is 3. The van der Waals surface area contributed by atoms with Crippen molar-refractivity contribution >= 4 is 23.5 Å². The number of amides is 2. The molecule has 0 spiro atoms. The smallest absolute Gasteiger partial charge is 0.319 e. The molecule has 0 fully saturated rings. The molecule has 21 heavy (non-hydrogen) atoms. The van der Waals surface area contributed by atoms with E-state index in [9.17, 15) is 9.90 Å². The van der Waals surface area contributed by atoms with Gasteiger partial charge in [0.2, 0.25) is 0 Å². The summed E-state index contributed by atoms with van der Waals surface area (Å²) in [5.74, 6) is 0. The van der Waals surface area contributed by atoms with E-state index in [-0.39, 0.29) is 12.6 Å². The van der Waals surface area contributed by atoms with Gasteiger partial charge in [-0.05, 0) is 29.5 Å². The number of aliphatic hydroxyl groups excluding tert-OH is 1. The number of anilines is 1. The van der Waals surface area contributed by atoms with Gasteiger partial charge in [0.05, 0.1) is 12.3 Å². The number of para-hydroxylation sites is 1. The van der Waals surface area contributed by atoms with Crippen molar-refractivity contribution in [3.05, 3.63) is 59.7 Å². The van der Waals surface area contributed by atoms with Crippen LogP contribution in [-0.4, -0.2) is 17.4 Å². The maximum atomic E-state index is 12.0. The molecule has 0 saturated heterocycles. The minimum absolute atomic E-state index is 0.0330. The van der Waals surface area contributed by atoms with E-state index in [0.717, 1.165) is 21.7 Å². The summed E-state index contributed by atoms with van der Waals surface area (Å²) in [6.07, 6.45) is 1.97. The average Bonchev–Trinajstić information content (AvgIpc) is 2.53. The third kappa shape index (κ3) is 4.24. The Balaban J connectivity index is 1.96. The first kappa shape index (κ1) is 15.4. The minimum Gasteiger partial charge on any atom is -0.392 e. The molecule has 0 aliphatic carbocycles. The molecule has 2 amide bonds. The monoisotopic (exact) mass is 302 g/mol. The molecule has 0 unspecified atom stereocenters. The molecule has 0 atom stereocenters. The lowest BCUT2D eigenvalue weighted by molar-refractivity contribution is 0.251. The maximum Gasteiger partial charge on any atom is 0.319 e. The molecule has 0 bridgehead atoms. The first-order chi connectivity index (χ1) is 10.2. The number of rotatable bonds is 5. The molecule has 2 aromatic rings. The zero-order chi connectivity index (χ0) is 15.1. The molecule has 110 valence electrons. The average molecular weight is 302 g/mol. The van der Waals surface area contributed by atoms with Crippen LogP contribution in [0, 0.1) is 0 Å². The van der Waals surface area contributed by atoms with Crippen molar-refractivity contribution in [1.29, 1.82) is 0 Å². The van der Waals surface area contributed by atoms with Crippen molar-refractivity contribution in [3.63, 3.8) is 0 Å². The second-order valence-electron chi connectivity index (χ2n) is 4.43. The Labute approximate surface area is 128 Å². The zero-order valence-corrected chi connectivity index (χ0v) is 12.6. The Hall–Kier alpha value is -1.98. The molecule has 0 saturated carbocycles. The molecule has 5 heteroatoms. The number of carbonyl (C=O) groups excluding carboxylic acids is 1. The fourth-order valence-electron chi connectivity index (χ4n) is 1.97.